The summed E-state index contributed by atoms with van der Waals surface area (Å²) >= 11 is 0. The Hall–Kier alpha value is -0.670. The molecule has 1 aliphatic carbocycles. The fraction of sp³-hybridized carbons (Fsp3) is 0.500. The van der Waals surface area contributed by atoms with E-state index < -0.39 is 7.60 Å². The maximum atomic E-state index is 10.5. The maximum absolute atomic E-state index is 10.5. The van der Waals surface area contributed by atoms with Gasteiger partial charge in [-0.05, 0) is 25.0 Å². The Morgan fingerprint density at radius 2 is 1.59 bits per heavy atom. The van der Waals surface area contributed by atoms with E-state index in [1.165, 1.54) is 44.2 Å². The van der Waals surface area contributed by atoms with Gasteiger partial charge in [0.1, 0.15) is 0 Å². The molecule has 1 saturated carbocycles. The third-order valence-electron chi connectivity index (χ3n) is 2.74. The van der Waals surface area contributed by atoms with Gasteiger partial charge in [0.25, 0.3) is 0 Å². The minimum atomic E-state index is -4.02. The lowest BCUT2D eigenvalue weighted by Gasteiger charge is -2.15. The molecule has 17 heavy (non-hydrogen) atoms. The molecular formula is C12H20NO3P. The molecule has 0 unspecified atom stereocenters. The van der Waals surface area contributed by atoms with Gasteiger partial charge in [0, 0.05) is 6.04 Å². The van der Waals surface area contributed by atoms with Crippen molar-refractivity contribution in [1.82, 2.24) is 0 Å². The minimum absolute atomic E-state index is 0.0648. The molecule has 0 saturated heterocycles. The normalized spacial score (nSPS) is 17.1. The number of nitrogens with two attached hydrogens (primary N) is 1. The summed E-state index contributed by atoms with van der Waals surface area (Å²) in [5.74, 6) is 0. The second-order valence-electron chi connectivity index (χ2n) is 4.28. The van der Waals surface area contributed by atoms with Gasteiger partial charge in [0.2, 0.25) is 0 Å². The summed E-state index contributed by atoms with van der Waals surface area (Å²) in [6.07, 6.45) is 6.66. The van der Waals surface area contributed by atoms with Gasteiger partial charge in [-0.25, -0.2) is 0 Å². The monoisotopic (exact) mass is 257 g/mol. The molecule has 5 heteroatoms. The SMILES string of the molecule is NC1CCCCC1.O=P(O)(O)c1ccccc1. The molecule has 1 aromatic rings. The average Bonchev–Trinajstić information content (AvgIpc) is 2.31. The van der Waals surface area contributed by atoms with Crippen molar-refractivity contribution < 1.29 is 14.4 Å². The van der Waals surface area contributed by atoms with Crippen molar-refractivity contribution in [1.29, 1.82) is 0 Å². The van der Waals surface area contributed by atoms with Crippen LogP contribution in [-0.2, 0) is 4.57 Å². The summed E-state index contributed by atoms with van der Waals surface area (Å²) in [6, 6.07) is 8.23. The first kappa shape index (κ1) is 14.4. The lowest BCUT2D eigenvalue weighted by atomic mass is 9.97. The summed E-state index contributed by atoms with van der Waals surface area (Å²) < 4.78 is 10.5. The van der Waals surface area contributed by atoms with Crippen LogP contribution in [0.1, 0.15) is 32.1 Å². The fourth-order valence-electron chi connectivity index (χ4n) is 1.76. The molecule has 4 nitrogen and oxygen atoms in total. The highest BCUT2D eigenvalue weighted by Gasteiger charge is 2.14. The summed E-state index contributed by atoms with van der Waals surface area (Å²) in [5, 5.41) is 0.0648. The Bertz CT molecular complexity index is 357. The van der Waals surface area contributed by atoms with Crippen LogP contribution >= 0.6 is 7.60 Å². The van der Waals surface area contributed by atoms with E-state index in [2.05, 4.69) is 0 Å². The summed E-state index contributed by atoms with van der Waals surface area (Å²) in [7, 11) is -4.02. The quantitative estimate of drug-likeness (QED) is 0.669. The van der Waals surface area contributed by atoms with Gasteiger partial charge in [-0.3, -0.25) is 4.57 Å². The Balaban J connectivity index is 0.000000181. The van der Waals surface area contributed by atoms with Crippen molar-refractivity contribution in [2.75, 3.05) is 0 Å². The first-order valence-electron chi connectivity index (χ1n) is 5.87. The number of benzene rings is 1. The van der Waals surface area contributed by atoms with Gasteiger partial charge >= 0.3 is 7.60 Å². The molecule has 0 radical (unpaired) electrons. The fourth-order valence-corrected chi connectivity index (χ4v) is 2.32. The van der Waals surface area contributed by atoms with Crippen molar-refractivity contribution in [3.05, 3.63) is 30.3 Å². The Kier molecular flexibility index (Phi) is 5.86. The highest BCUT2D eigenvalue weighted by molar-refractivity contribution is 7.60. The number of hydrogen-bond donors (Lipinski definition) is 3. The summed E-state index contributed by atoms with van der Waals surface area (Å²) in [4.78, 5) is 17.2. The molecule has 0 atom stereocenters. The molecular weight excluding hydrogens is 237 g/mol. The molecule has 0 bridgehead atoms. The van der Waals surface area contributed by atoms with E-state index in [1.807, 2.05) is 0 Å². The maximum Gasteiger partial charge on any atom is 0.356 e. The largest absolute Gasteiger partial charge is 0.356 e. The Labute approximate surface area is 102 Å². The second kappa shape index (κ2) is 6.92. The molecule has 1 aromatic carbocycles. The van der Waals surface area contributed by atoms with Crippen LogP contribution in [0, 0.1) is 0 Å². The summed E-state index contributed by atoms with van der Waals surface area (Å²) in [5.41, 5.74) is 5.63. The van der Waals surface area contributed by atoms with Gasteiger partial charge in [-0.2, -0.15) is 0 Å². The minimum Gasteiger partial charge on any atom is -0.328 e. The third kappa shape index (κ3) is 5.99. The number of rotatable bonds is 1. The third-order valence-corrected chi connectivity index (χ3v) is 3.71. The van der Waals surface area contributed by atoms with E-state index >= 15 is 0 Å². The molecule has 4 N–H and O–H groups in total. The van der Waals surface area contributed by atoms with Crippen LogP contribution in [0.15, 0.2) is 30.3 Å². The predicted molar refractivity (Wildman–Crippen MR) is 69.2 cm³/mol. The van der Waals surface area contributed by atoms with Crippen molar-refractivity contribution in [2.45, 2.75) is 38.1 Å². The lowest BCUT2D eigenvalue weighted by Crippen LogP contribution is -2.22. The van der Waals surface area contributed by atoms with Crippen LogP contribution in [0.3, 0.4) is 0 Å². The van der Waals surface area contributed by atoms with Crippen LogP contribution in [0.4, 0.5) is 0 Å². The van der Waals surface area contributed by atoms with Crippen LogP contribution in [0.25, 0.3) is 0 Å². The van der Waals surface area contributed by atoms with E-state index in [9.17, 15) is 4.57 Å². The highest BCUT2D eigenvalue weighted by atomic mass is 31.2. The van der Waals surface area contributed by atoms with E-state index in [-0.39, 0.29) is 5.30 Å². The zero-order valence-corrected chi connectivity index (χ0v) is 10.7. The molecule has 0 aromatic heterocycles. The lowest BCUT2D eigenvalue weighted by molar-refractivity contribution is 0.387. The predicted octanol–water partition coefficient (Wildman–Crippen LogP) is 1.77. The van der Waals surface area contributed by atoms with E-state index in [0.717, 1.165) is 0 Å². The second-order valence-corrected chi connectivity index (χ2v) is 5.88. The van der Waals surface area contributed by atoms with Crippen LogP contribution in [0.5, 0.6) is 0 Å². The Morgan fingerprint density at radius 1 is 1.06 bits per heavy atom. The van der Waals surface area contributed by atoms with Crippen LogP contribution in [0.2, 0.25) is 0 Å². The molecule has 1 aliphatic rings. The zero-order valence-electron chi connectivity index (χ0n) is 9.83. The van der Waals surface area contributed by atoms with Crippen molar-refractivity contribution in [2.24, 2.45) is 5.73 Å². The topological polar surface area (TPSA) is 83.6 Å². The summed E-state index contributed by atoms with van der Waals surface area (Å²) in [6.45, 7) is 0. The van der Waals surface area contributed by atoms with Gasteiger partial charge in [0.15, 0.2) is 0 Å². The molecule has 0 heterocycles. The molecule has 0 amide bonds. The van der Waals surface area contributed by atoms with E-state index in [0.29, 0.717) is 6.04 Å². The van der Waals surface area contributed by atoms with Crippen LogP contribution in [-0.4, -0.2) is 15.8 Å². The van der Waals surface area contributed by atoms with Gasteiger partial charge in [0.05, 0.1) is 5.30 Å². The first-order chi connectivity index (χ1) is 8.00. The molecule has 1 fully saturated rings. The smallest absolute Gasteiger partial charge is 0.328 e. The molecule has 0 aliphatic heterocycles. The van der Waals surface area contributed by atoms with Gasteiger partial charge in [-0.15, -0.1) is 0 Å². The average molecular weight is 257 g/mol. The van der Waals surface area contributed by atoms with Crippen LogP contribution < -0.4 is 11.0 Å². The standard InChI is InChI=1S/C6H13N.C6H7O3P/c7-6-4-2-1-3-5-6;7-10(8,9)6-4-2-1-3-5-6/h6H,1-5,7H2;1-5H,(H2,7,8,9). The first-order valence-corrected chi connectivity index (χ1v) is 7.48. The molecule has 0 spiro atoms. The Morgan fingerprint density at radius 3 is 1.88 bits per heavy atom. The zero-order chi connectivity index (χ0) is 12.7. The van der Waals surface area contributed by atoms with E-state index in [1.54, 1.807) is 18.2 Å². The van der Waals surface area contributed by atoms with Crippen molar-refractivity contribution in [3.8, 4) is 0 Å². The molecule has 96 valence electrons. The van der Waals surface area contributed by atoms with Crippen molar-refractivity contribution >= 4 is 12.9 Å². The highest BCUT2D eigenvalue weighted by Crippen LogP contribution is 2.32. The van der Waals surface area contributed by atoms with Crippen molar-refractivity contribution in [3.63, 3.8) is 0 Å². The van der Waals surface area contributed by atoms with E-state index in [4.69, 9.17) is 15.5 Å². The van der Waals surface area contributed by atoms with Gasteiger partial charge < -0.3 is 15.5 Å². The number of hydrogen-bond acceptors (Lipinski definition) is 2. The molecule has 2 rings (SSSR count). The van der Waals surface area contributed by atoms with Gasteiger partial charge in [-0.1, -0.05) is 37.5 Å².